The Hall–Kier alpha value is -2.80. The summed E-state index contributed by atoms with van der Waals surface area (Å²) >= 11 is 1.23. The van der Waals surface area contributed by atoms with Crippen LogP contribution in [0.25, 0.3) is 5.69 Å². The van der Waals surface area contributed by atoms with Crippen LogP contribution in [0.3, 0.4) is 0 Å². The fourth-order valence-corrected chi connectivity index (χ4v) is 3.35. The number of amides is 1. The number of benzene rings is 1. The lowest BCUT2D eigenvalue weighted by atomic mass is 10.1. The molecule has 0 N–H and O–H groups in total. The van der Waals surface area contributed by atoms with Gasteiger partial charge in [0.2, 0.25) is 0 Å². The molecule has 0 aliphatic rings. The van der Waals surface area contributed by atoms with Crippen molar-refractivity contribution in [3.63, 3.8) is 0 Å². The minimum atomic E-state index is -0.0971. The first kappa shape index (κ1) is 17.0. The third kappa shape index (κ3) is 3.51. The molecule has 0 fully saturated rings. The zero-order valence-corrected chi connectivity index (χ0v) is 15.0. The number of hydrogen-bond acceptors (Lipinski definition) is 5. The maximum Gasteiger partial charge on any atom is 0.264 e. The van der Waals surface area contributed by atoms with Crippen molar-refractivity contribution in [2.45, 2.75) is 19.9 Å². The third-order valence-corrected chi connectivity index (χ3v) is 5.30. The molecule has 0 spiro atoms. The third-order valence-electron chi connectivity index (χ3n) is 4.12. The lowest BCUT2D eigenvalue weighted by Crippen LogP contribution is -2.29. The number of nitrogens with zero attached hydrogens (tertiary/aromatic N) is 4. The molecule has 0 bridgehead atoms. The quantitative estimate of drug-likeness (QED) is 0.659. The largest absolute Gasteiger partial charge is 0.334 e. The second-order valence-electron chi connectivity index (χ2n) is 5.74. The predicted molar refractivity (Wildman–Crippen MR) is 96.2 cm³/mol. The Balaban J connectivity index is 1.75. The highest BCUT2D eigenvalue weighted by atomic mass is 32.1. The van der Waals surface area contributed by atoms with Crippen molar-refractivity contribution in [3.8, 4) is 5.69 Å². The zero-order valence-electron chi connectivity index (χ0n) is 14.2. The summed E-state index contributed by atoms with van der Waals surface area (Å²) in [6, 6.07) is 11.1. The van der Waals surface area contributed by atoms with Crippen LogP contribution in [0.5, 0.6) is 0 Å². The lowest BCUT2D eigenvalue weighted by molar-refractivity contribution is 0.0747. The first-order chi connectivity index (χ1) is 12.0. The topological polar surface area (TPSA) is 68.1 Å². The van der Waals surface area contributed by atoms with Gasteiger partial charge >= 0.3 is 0 Å². The fourth-order valence-electron chi connectivity index (χ4n) is 2.46. The van der Waals surface area contributed by atoms with Gasteiger partial charge < -0.3 is 4.90 Å². The molecule has 0 unspecified atom stereocenters. The van der Waals surface area contributed by atoms with E-state index < -0.39 is 0 Å². The zero-order chi connectivity index (χ0) is 18.0. The Bertz CT molecular complexity index is 884. The molecule has 6 nitrogen and oxygen atoms in total. The minimum absolute atomic E-state index is 0.0246. The number of hydrogen-bond donors (Lipinski definition) is 0. The van der Waals surface area contributed by atoms with E-state index in [1.165, 1.54) is 24.6 Å². The lowest BCUT2D eigenvalue weighted by Gasteiger charge is -2.25. The van der Waals surface area contributed by atoms with E-state index >= 15 is 0 Å². The molecule has 0 aliphatic carbocycles. The second-order valence-corrected chi connectivity index (χ2v) is 6.83. The van der Waals surface area contributed by atoms with E-state index in [0.29, 0.717) is 9.75 Å². The molecule has 0 radical (unpaired) electrons. The highest BCUT2D eigenvalue weighted by Gasteiger charge is 2.21. The number of thiophene rings is 1. The summed E-state index contributed by atoms with van der Waals surface area (Å²) in [6.45, 7) is 3.48. The Morgan fingerprint density at radius 2 is 1.80 bits per heavy atom. The molecule has 2 aromatic heterocycles. The van der Waals surface area contributed by atoms with Gasteiger partial charge in [0, 0.05) is 7.05 Å². The molecule has 1 atom stereocenters. The van der Waals surface area contributed by atoms with Gasteiger partial charge in [0.25, 0.3) is 5.91 Å². The molecule has 0 saturated carbocycles. The number of carbonyl (C=O) groups excluding carboxylic acids is 2. The van der Waals surface area contributed by atoms with Crippen LogP contribution in [0, 0.1) is 0 Å². The molecule has 0 saturated heterocycles. The Morgan fingerprint density at radius 3 is 2.36 bits per heavy atom. The fraction of sp³-hybridized carbons (Fsp3) is 0.222. The monoisotopic (exact) mass is 354 g/mol. The molecule has 128 valence electrons. The molecule has 2 heterocycles. The van der Waals surface area contributed by atoms with Gasteiger partial charge in [0.05, 0.1) is 21.5 Å². The van der Waals surface area contributed by atoms with Crippen LogP contribution in [0.2, 0.25) is 0 Å². The summed E-state index contributed by atoms with van der Waals surface area (Å²) in [4.78, 5) is 30.8. The van der Waals surface area contributed by atoms with Gasteiger partial charge in [-0.3, -0.25) is 9.59 Å². The molecule has 25 heavy (non-hydrogen) atoms. The van der Waals surface area contributed by atoms with Crippen LogP contribution in [0.4, 0.5) is 0 Å². The number of Topliss-reactive ketones (excluding diaryl/α,β-unsaturated/α-hetero) is 1. The van der Waals surface area contributed by atoms with Gasteiger partial charge in [0.15, 0.2) is 5.78 Å². The highest BCUT2D eigenvalue weighted by molar-refractivity contribution is 7.15. The van der Waals surface area contributed by atoms with Crippen LogP contribution in [0.1, 0.15) is 44.8 Å². The molecule has 1 amide bonds. The standard InChI is InChI=1S/C18H18N4O2S/c1-12(14-4-6-15(7-5-14)22-11-19-10-20-22)21(3)18(24)17-9-8-16(25-17)13(2)23/h4-12H,1-3H3/t12-/m0/s1. The smallest absolute Gasteiger partial charge is 0.264 e. The summed E-state index contributed by atoms with van der Waals surface area (Å²) in [5.41, 5.74) is 1.93. The Morgan fingerprint density at radius 1 is 1.12 bits per heavy atom. The maximum atomic E-state index is 12.7. The van der Waals surface area contributed by atoms with Crippen molar-refractivity contribution < 1.29 is 9.59 Å². The van der Waals surface area contributed by atoms with Gasteiger partial charge in [0.1, 0.15) is 12.7 Å². The number of carbonyl (C=O) groups is 2. The average molecular weight is 354 g/mol. The van der Waals surface area contributed by atoms with Crippen molar-refractivity contribution >= 4 is 23.0 Å². The van der Waals surface area contributed by atoms with Crippen LogP contribution >= 0.6 is 11.3 Å². The van der Waals surface area contributed by atoms with E-state index in [0.717, 1.165) is 11.3 Å². The average Bonchev–Trinajstić information content (AvgIpc) is 3.31. The van der Waals surface area contributed by atoms with Crippen LogP contribution in [-0.4, -0.2) is 38.4 Å². The van der Waals surface area contributed by atoms with Gasteiger partial charge in [-0.1, -0.05) is 12.1 Å². The van der Waals surface area contributed by atoms with E-state index in [-0.39, 0.29) is 17.7 Å². The highest BCUT2D eigenvalue weighted by Crippen LogP contribution is 2.25. The Labute approximate surface area is 149 Å². The summed E-state index contributed by atoms with van der Waals surface area (Å²) in [6.07, 6.45) is 3.12. The van der Waals surface area contributed by atoms with Crippen molar-refractivity contribution in [2.75, 3.05) is 7.05 Å². The molecule has 3 aromatic rings. The van der Waals surface area contributed by atoms with E-state index in [9.17, 15) is 9.59 Å². The number of aromatic nitrogens is 3. The molecule has 1 aromatic carbocycles. The van der Waals surface area contributed by atoms with Crippen molar-refractivity contribution in [3.05, 3.63) is 64.4 Å². The molecule has 0 aliphatic heterocycles. The second kappa shape index (κ2) is 6.98. The van der Waals surface area contributed by atoms with Crippen LogP contribution < -0.4 is 0 Å². The first-order valence-corrected chi connectivity index (χ1v) is 8.62. The molecule has 3 rings (SSSR count). The van der Waals surface area contributed by atoms with Crippen LogP contribution in [0.15, 0.2) is 49.1 Å². The van der Waals surface area contributed by atoms with E-state index in [1.807, 2.05) is 31.2 Å². The van der Waals surface area contributed by atoms with Gasteiger partial charge in [-0.15, -0.1) is 11.3 Å². The van der Waals surface area contributed by atoms with Crippen molar-refractivity contribution in [1.29, 1.82) is 0 Å². The van der Waals surface area contributed by atoms with Crippen LogP contribution in [-0.2, 0) is 0 Å². The number of ketones is 1. The number of rotatable bonds is 5. The van der Waals surface area contributed by atoms with Crippen molar-refractivity contribution in [2.24, 2.45) is 0 Å². The first-order valence-electron chi connectivity index (χ1n) is 7.80. The van der Waals surface area contributed by atoms with E-state index in [1.54, 1.807) is 35.1 Å². The predicted octanol–water partition coefficient (Wildman–Crippen LogP) is 3.36. The SMILES string of the molecule is CC(=O)c1ccc(C(=O)N(C)[C@@H](C)c2ccc(-n3cncn3)cc2)s1. The van der Waals surface area contributed by atoms with Gasteiger partial charge in [-0.2, -0.15) is 5.10 Å². The van der Waals surface area contributed by atoms with Gasteiger partial charge in [-0.05, 0) is 43.7 Å². The summed E-state index contributed by atoms with van der Waals surface area (Å²) in [5, 5.41) is 4.10. The minimum Gasteiger partial charge on any atom is -0.334 e. The van der Waals surface area contributed by atoms with Crippen molar-refractivity contribution in [1.82, 2.24) is 19.7 Å². The summed E-state index contributed by atoms with van der Waals surface area (Å²) in [5.74, 6) is -0.117. The Kier molecular flexibility index (Phi) is 4.76. The normalized spacial score (nSPS) is 12.0. The maximum absolute atomic E-state index is 12.7. The summed E-state index contributed by atoms with van der Waals surface area (Å²) in [7, 11) is 1.77. The molecule has 7 heteroatoms. The summed E-state index contributed by atoms with van der Waals surface area (Å²) < 4.78 is 1.68. The molecular formula is C18H18N4O2S. The van der Waals surface area contributed by atoms with Gasteiger partial charge in [-0.25, -0.2) is 9.67 Å². The van der Waals surface area contributed by atoms with E-state index in [2.05, 4.69) is 10.1 Å². The van der Waals surface area contributed by atoms with E-state index in [4.69, 9.17) is 0 Å². The molecular weight excluding hydrogens is 336 g/mol.